The van der Waals surface area contributed by atoms with E-state index in [1.165, 1.54) is 34.1 Å². The Morgan fingerprint density at radius 1 is 1.12 bits per heavy atom. The standard InChI is InChI=1S/C14H17N5O6/c15-16-13(21)14(22)18-7-5-17(6-8-18)12(20)9-25-11-3-1-10(2-4-11)19(23)24/h1-4H,5-9,15H2,(H,16,21). The van der Waals surface area contributed by atoms with Crippen LogP contribution in [0.1, 0.15) is 0 Å². The van der Waals surface area contributed by atoms with E-state index in [2.05, 4.69) is 0 Å². The molecule has 1 aliphatic heterocycles. The smallest absolute Gasteiger partial charge is 0.323 e. The van der Waals surface area contributed by atoms with E-state index >= 15 is 0 Å². The van der Waals surface area contributed by atoms with E-state index < -0.39 is 16.7 Å². The maximum Gasteiger partial charge on any atom is 0.323 e. The van der Waals surface area contributed by atoms with Gasteiger partial charge in [0.2, 0.25) is 0 Å². The summed E-state index contributed by atoms with van der Waals surface area (Å²) in [6.07, 6.45) is 0. The number of benzene rings is 1. The lowest BCUT2D eigenvalue weighted by molar-refractivity contribution is -0.384. The number of nitro benzene ring substituents is 1. The van der Waals surface area contributed by atoms with Gasteiger partial charge in [0.1, 0.15) is 5.75 Å². The first-order chi connectivity index (χ1) is 11.9. The van der Waals surface area contributed by atoms with Crippen LogP contribution in [0.4, 0.5) is 5.69 Å². The molecule has 11 nitrogen and oxygen atoms in total. The van der Waals surface area contributed by atoms with Crippen LogP contribution < -0.4 is 16.0 Å². The predicted molar refractivity (Wildman–Crippen MR) is 84.1 cm³/mol. The van der Waals surface area contributed by atoms with E-state index in [1.807, 2.05) is 0 Å². The number of hydrogen-bond donors (Lipinski definition) is 2. The van der Waals surface area contributed by atoms with Gasteiger partial charge in [-0.25, -0.2) is 5.84 Å². The van der Waals surface area contributed by atoms with Crippen LogP contribution in [0.5, 0.6) is 5.75 Å². The minimum Gasteiger partial charge on any atom is -0.484 e. The van der Waals surface area contributed by atoms with Crippen molar-refractivity contribution in [1.29, 1.82) is 0 Å². The number of rotatable bonds is 4. The summed E-state index contributed by atoms with van der Waals surface area (Å²) in [5.41, 5.74) is 1.70. The van der Waals surface area contributed by atoms with Crippen LogP contribution in [-0.2, 0) is 14.4 Å². The second-order valence-electron chi connectivity index (χ2n) is 5.19. The average Bonchev–Trinajstić information content (AvgIpc) is 2.65. The number of hydrazine groups is 1. The molecule has 0 spiro atoms. The minimum atomic E-state index is -0.902. The van der Waals surface area contributed by atoms with Crippen molar-refractivity contribution in [2.24, 2.45) is 5.84 Å². The molecule has 0 aliphatic carbocycles. The van der Waals surface area contributed by atoms with Gasteiger partial charge in [0.15, 0.2) is 6.61 Å². The van der Waals surface area contributed by atoms with E-state index in [4.69, 9.17) is 10.6 Å². The molecule has 0 saturated carbocycles. The second-order valence-corrected chi connectivity index (χ2v) is 5.19. The van der Waals surface area contributed by atoms with Crippen LogP contribution in [0, 0.1) is 10.1 Å². The number of nitrogens with one attached hydrogen (secondary N) is 1. The summed E-state index contributed by atoms with van der Waals surface area (Å²) in [6.45, 7) is 0.748. The molecule has 0 aromatic heterocycles. The molecule has 3 N–H and O–H groups in total. The summed E-state index contributed by atoms with van der Waals surface area (Å²) in [4.78, 5) is 47.8. The van der Waals surface area contributed by atoms with Crippen LogP contribution in [0.3, 0.4) is 0 Å². The van der Waals surface area contributed by atoms with Crippen LogP contribution >= 0.6 is 0 Å². The Morgan fingerprint density at radius 3 is 2.20 bits per heavy atom. The Morgan fingerprint density at radius 2 is 1.68 bits per heavy atom. The largest absolute Gasteiger partial charge is 0.484 e. The summed E-state index contributed by atoms with van der Waals surface area (Å²) in [5, 5.41) is 10.6. The number of carbonyl (C=O) groups is 3. The zero-order chi connectivity index (χ0) is 18.4. The molecule has 2 rings (SSSR count). The molecule has 1 aromatic rings. The summed E-state index contributed by atoms with van der Waals surface area (Å²) in [7, 11) is 0. The molecule has 0 radical (unpaired) electrons. The summed E-state index contributed by atoms with van der Waals surface area (Å²) < 4.78 is 5.31. The maximum absolute atomic E-state index is 12.1. The lowest BCUT2D eigenvalue weighted by Crippen LogP contribution is -2.55. The van der Waals surface area contributed by atoms with Gasteiger partial charge in [-0.1, -0.05) is 0 Å². The van der Waals surface area contributed by atoms with Crippen molar-refractivity contribution in [1.82, 2.24) is 15.2 Å². The Balaban J connectivity index is 1.80. The van der Waals surface area contributed by atoms with E-state index in [9.17, 15) is 24.5 Å². The predicted octanol–water partition coefficient (Wildman–Crippen LogP) is -1.37. The molecule has 1 aromatic carbocycles. The Hall–Kier alpha value is -3.21. The molecule has 1 fully saturated rings. The zero-order valence-corrected chi connectivity index (χ0v) is 13.2. The average molecular weight is 351 g/mol. The zero-order valence-electron chi connectivity index (χ0n) is 13.2. The van der Waals surface area contributed by atoms with Gasteiger partial charge in [0.05, 0.1) is 4.92 Å². The van der Waals surface area contributed by atoms with Gasteiger partial charge in [-0.05, 0) is 12.1 Å². The van der Waals surface area contributed by atoms with Crippen LogP contribution in [-0.4, -0.2) is 65.2 Å². The molecular weight excluding hydrogens is 334 g/mol. The fourth-order valence-corrected chi connectivity index (χ4v) is 2.26. The van der Waals surface area contributed by atoms with Gasteiger partial charge in [-0.15, -0.1) is 0 Å². The summed E-state index contributed by atoms with van der Waals surface area (Å²) >= 11 is 0. The first kappa shape index (κ1) is 18.1. The molecule has 0 unspecified atom stereocenters. The number of amides is 3. The first-order valence-electron chi connectivity index (χ1n) is 7.37. The number of nitrogens with two attached hydrogens (primary N) is 1. The van der Waals surface area contributed by atoms with Gasteiger partial charge in [0, 0.05) is 38.3 Å². The third kappa shape index (κ3) is 4.64. The molecule has 0 atom stereocenters. The van der Waals surface area contributed by atoms with Crippen molar-refractivity contribution in [2.75, 3.05) is 32.8 Å². The van der Waals surface area contributed by atoms with Crippen molar-refractivity contribution >= 4 is 23.4 Å². The van der Waals surface area contributed by atoms with Gasteiger partial charge in [-0.3, -0.25) is 29.9 Å². The Bertz CT molecular complexity index is 669. The van der Waals surface area contributed by atoms with E-state index in [1.54, 1.807) is 5.43 Å². The lowest BCUT2D eigenvalue weighted by atomic mass is 10.3. The van der Waals surface area contributed by atoms with Crippen molar-refractivity contribution in [2.45, 2.75) is 0 Å². The van der Waals surface area contributed by atoms with Gasteiger partial charge < -0.3 is 14.5 Å². The molecule has 1 heterocycles. The van der Waals surface area contributed by atoms with Crippen molar-refractivity contribution in [3.8, 4) is 5.75 Å². The molecule has 0 bridgehead atoms. The highest BCUT2D eigenvalue weighted by molar-refractivity contribution is 6.34. The second kappa shape index (κ2) is 8.06. The normalized spacial score (nSPS) is 14.0. The highest BCUT2D eigenvalue weighted by atomic mass is 16.6. The Labute approximate surface area is 142 Å². The number of nitro groups is 1. The highest BCUT2D eigenvalue weighted by Gasteiger charge is 2.27. The number of hydrogen-bond acceptors (Lipinski definition) is 7. The van der Waals surface area contributed by atoms with E-state index in [0.29, 0.717) is 5.75 Å². The molecule has 1 saturated heterocycles. The molecule has 3 amide bonds. The van der Waals surface area contributed by atoms with Gasteiger partial charge in [-0.2, -0.15) is 0 Å². The Kier molecular flexibility index (Phi) is 5.84. The number of nitrogens with zero attached hydrogens (tertiary/aromatic N) is 3. The van der Waals surface area contributed by atoms with Crippen molar-refractivity contribution in [3.05, 3.63) is 34.4 Å². The minimum absolute atomic E-state index is 0.0685. The molecular formula is C14H17N5O6. The highest BCUT2D eigenvalue weighted by Crippen LogP contribution is 2.17. The fraction of sp³-hybridized carbons (Fsp3) is 0.357. The quantitative estimate of drug-likeness (QED) is 0.224. The third-order valence-corrected chi connectivity index (χ3v) is 3.65. The molecule has 25 heavy (non-hydrogen) atoms. The maximum atomic E-state index is 12.1. The number of piperazine rings is 1. The van der Waals surface area contributed by atoms with Crippen LogP contribution in [0.2, 0.25) is 0 Å². The lowest BCUT2D eigenvalue weighted by Gasteiger charge is -2.34. The number of carbonyl (C=O) groups excluding carboxylic acids is 3. The SMILES string of the molecule is NNC(=O)C(=O)N1CCN(C(=O)COc2ccc([N+](=O)[O-])cc2)CC1. The topological polar surface area (TPSA) is 148 Å². The van der Waals surface area contributed by atoms with Crippen LogP contribution in [0.15, 0.2) is 24.3 Å². The van der Waals surface area contributed by atoms with E-state index in [-0.39, 0.29) is 44.4 Å². The van der Waals surface area contributed by atoms with Crippen molar-refractivity contribution < 1.29 is 24.0 Å². The van der Waals surface area contributed by atoms with Gasteiger partial charge in [0.25, 0.3) is 11.6 Å². The molecule has 134 valence electrons. The van der Waals surface area contributed by atoms with E-state index in [0.717, 1.165) is 0 Å². The molecule has 11 heteroatoms. The fourth-order valence-electron chi connectivity index (χ4n) is 2.26. The van der Waals surface area contributed by atoms with Gasteiger partial charge >= 0.3 is 11.8 Å². The summed E-state index contributed by atoms with van der Waals surface area (Å²) in [6, 6.07) is 5.39. The monoisotopic (exact) mass is 351 g/mol. The molecule has 1 aliphatic rings. The van der Waals surface area contributed by atoms with Crippen LogP contribution in [0.25, 0.3) is 0 Å². The first-order valence-corrected chi connectivity index (χ1v) is 7.37. The number of non-ortho nitro benzene ring substituents is 1. The third-order valence-electron chi connectivity index (χ3n) is 3.65. The van der Waals surface area contributed by atoms with Crippen molar-refractivity contribution in [3.63, 3.8) is 0 Å². The number of ether oxygens (including phenoxy) is 1. The summed E-state index contributed by atoms with van der Waals surface area (Å²) in [5.74, 6) is 3.33.